The van der Waals surface area contributed by atoms with Crippen LogP contribution < -0.4 is 16.8 Å². The van der Waals surface area contributed by atoms with Crippen LogP contribution in [0.3, 0.4) is 0 Å². The van der Waals surface area contributed by atoms with Gasteiger partial charge in [-0.15, -0.1) is 0 Å². The number of nitrogen functional groups attached to an aromatic ring is 2. The fraction of sp³-hybridized carbons (Fsp3) is 0.444. The first-order chi connectivity index (χ1) is 6.63. The summed E-state index contributed by atoms with van der Waals surface area (Å²) in [5, 5.41) is 11.9. The van der Waals surface area contributed by atoms with Gasteiger partial charge in [-0.25, -0.2) is 4.98 Å². The number of hydrogen-bond acceptors (Lipinski definition) is 5. The van der Waals surface area contributed by atoms with Crippen molar-refractivity contribution in [1.29, 1.82) is 0 Å². The first-order valence-corrected chi connectivity index (χ1v) is 4.50. The van der Waals surface area contributed by atoms with E-state index in [0.717, 1.165) is 0 Å². The quantitative estimate of drug-likeness (QED) is 0.555. The Morgan fingerprint density at radius 3 is 2.79 bits per heavy atom. The number of aliphatic hydroxyl groups is 1. The smallest absolute Gasteiger partial charge is 0.149 e. The number of hydrogen-bond donors (Lipinski definition) is 4. The summed E-state index contributed by atoms with van der Waals surface area (Å²) in [4.78, 5) is 4.04. The molecule has 0 bridgehead atoms. The van der Waals surface area contributed by atoms with E-state index in [-0.39, 0.29) is 12.5 Å². The fourth-order valence-electron chi connectivity index (χ4n) is 0.927. The molecule has 0 saturated heterocycles. The zero-order valence-corrected chi connectivity index (χ0v) is 8.20. The SMILES string of the molecule is CC(CO)CNc1ccc(N)c(N)n1. The van der Waals surface area contributed by atoms with Crippen LogP contribution in [-0.4, -0.2) is 23.2 Å². The van der Waals surface area contributed by atoms with Gasteiger partial charge in [-0.3, -0.25) is 0 Å². The molecule has 0 amide bonds. The maximum absolute atomic E-state index is 8.81. The highest BCUT2D eigenvalue weighted by atomic mass is 16.3. The molecule has 0 radical (unpaired) electrons. The first kappa shape index (κ1) is 10.6. The lowest BCUT2D eigenvalue weighted by molar-refractivity contribution is 0.244. The van der Waals surface area contributed by atoms with Crippen molar-refractivity contribution in [2.24, 2.45) is 5.92 Å². The predicted molar refractivity (Wildman–Crippen MR) is 57.8 cm³/mol. The van der Waals surface area contributed by atoms with E-state index < -0.39 is 0 Å². The molecule has 0 aromatic carbocycles. The van der Waals surface area contributed by atoms with E-state index in [0.29, 0.717) is 23.9 Å². The second kappa shape index (κ2) is 4.66. The molecular formula is C9H16N4O. The third-order valence-corrected chi connectivity index (χ3v) is 1.90. The van der Waals surface area contributed by atoms with Gasteiger partial charge in [-0.1, -0.05) is 6.92 Å². The number of nitrogens with two attached hydrogens (primary N) is 2. The molecule has 1 aromatic rings. The first-order valence-electron chi connectivity index (χ1n) is 4.50. The lowest BCUT2D eigenvalue weighted by Crippen LogP contribution is -2.15. The lowest BCUT2D eigenvalue weighted by atomic mass is 10.2. The van der Waals surface area contributed by atoms with Gasteiger partial charge in [0, 0.05) is 13.2 Å². The van der Waals surface area contributed by atoms with Gasteiger partial charge in [0.25, 0.3) is 0 Å². The molecule has 1 unspecified atom stereocenters. The molecule has 0 aliphatic heterocycles. The molecule has 1 atom stereocenters. The molecule has 0 saturated carbocycles. The van der Waals surface area contributed by atoms with Crippen LogP contribution in [0.4, 0.5) is 17.3 Å². The van der Waals surface area contributed by atoms with Crippen molar-refractivity contribution in [2.75, 3.05) is 29.9 Å². The lowest BCUT2D eigenvalue weighted by Gasteiger charge is -2.10. The Hall–Kier alpha value is -1.49. The number of nitrogens with zero attached hydrogens (tertiary/aromatic N) is 1. The fourth-order valence-corrected chi connectivity index (χ4v) is 0.927. The summed E-state index contributed by atoms with van der Waals surface area (Å²) in [6.45, 7) is 2.75. The zero-order valence-electron chi connectivity index (χ0n) is 8.20. The molecule has 0 fully saturated rings. The molecule has 1 heterocycles. The van der Waals surface area contributed by atoms with Gasteiger partial charge in [0.2, 0.25) is 0 Å². The van der Waals surface area contributed by atoms with E-state index >= 15 is 0 Å². The van der Waals surface area contributed by atoms with Crippen molar-refractivity contribution >= 4 is 17.3 Å². The third-order valence-electron chi connectivity index (χ3n) is 1.90. The van der Waals surface area contributed by atoms with Crippen LogP contribution in [0, 0.1) is 5.92 Å². The zero-order chi connectivity index (χ0) is 10.6. The summed E-state index contributed by atoms with van der Waals surface area (Å²) in [5.41, 5.74) is 11.5. The Balaban J connectivity index is 2.55. The number of aromatic nitrogens is 1. The van der Waals surface area contributed by atoms with Crippen molar-refractivity contribution in [3.05, 3.63) is 12.1 Å². The van der Waals surface area contributed by atoms with E-state index in [2.05, 4.69) is 10.3 Å². The van der Waals surface area contributed by atoms with Gasteiger partial charge >= 0.3 is 0 Å². The summed E-state index contributed by atoms with van der Waals surface area (Å²) in [7, 11) is 0. The van der Waals surface area contributed by atoms with Crippen LogP contribution >= 0.6 is 0 Å². The average Bonchev–Trinajstić information content (AvgIpc) is 2.19. The molecule has 0 aliphatic rings. The average molecular weight is 196 g/mol. The Bertz CT molecular complexity index is 303. The molecule has 1 aromatic heterocycles. The highest BCUT2D eigenvalue weighted by molar-refractivity contribution is 5.61. The topological polar surface area (TPSA) is 97.2 Å². The minimum atomic E-state index is 0.150. The Morgan fingerprint density at radius 1 is 1.50 bits per heavy atom. The standard InChI is InChI=1S/C9H16N4O/c1-6(5-14)4-12-8-3-2-7(10)9(11)13-8/h2-3,6,14H,4-5,10H2,1H3,(H3,11,12,13). The molecule has 0 aliphatic carbocycles. The summed E-state index contributed by atoms with van der Waals surface area (Å²) >= 11 is 0. The number of aliphatic hydroxyl groups excluding tert-OH is 1. The van der Waals surface area contributed by atoms with E-state index in [1.807, 2.05) is 6.92 Å². The number of pyridine rings is 1. The largest absolute Gasteiger partial charge is 0.396 e. The summed E-state index contributed by atoms with van der Waals surface area (Å²) < 4.78 is 0. The van der Waals surface area contributed by atoms with Gasteiger partial charge in [0.1, 0.15) is 11.6 Å². The van der Waals surface area contributed by atoms with Crippen LogP contribution in [0.25, 0.3) is 0 Å². The van der Waals surface area contributed by atoms with Crippen molar-refractivity contribution < 1.29 is 5.11 Å². The maximum atomic E-state index is 8.81. The molecular weight excluding hydrogens is 180 g/mol. The summed E-state index contributed by atoms with van der Waals surface area (Å²) in [6.07, 6.45) is 0. The van der Waals surface area contributed by atoms with Crippen molar-refractivity contribution in [1.82, 2.24) is 4.98 Å². The van der Waals surface area contributed by atoms with Gasteiger partial charge < -0.3 is 21.9 Å². The van der Waals surface area contributed by atoms with E-state index in [4.69, 9.17) is 16.6 Å². The van der Waals surface area contributed by atoms with E-state index in [9.17, 15) is 0 Å². The van der Waals surface area contributed by atoms with Crippen LogP contribution in [-0.2, 0) is 0 Å². The molecule has 1 rings (SSSR count). The van der Waals surface area contributed by atoms with Crippen molar-refractivity contribution in [2.45, 2.75) is 6.92 Å². The monoisotopic (exact) mass is 196 g/mol. The summed E-state index contributed by atoms with van der Waals surface area (Å²) in [6, 6.07) is 3.46. The second-order valence-corrected chi connectivity index (χ2v) is 3.34. The Labute approximate surface area is 83.1 Å². The van der Waals surface area contributed by atoms with Crippen LogP contribution in [0.5, 0.6) is 0 Å². The molecule has 0 spiro atoms. The van der Waals surface area contributed by atoms with Crippen molar-refractivity contribution in [3.8, 4) is 0 Å². The number of anilines is 3. The van der Waals surface area contributed by atoms with E-state index in [1.54, 1.807) is 12.1 Å². The summed E-state index contributed by atoms with van der Waals surface area (Å²) in [5.74, 6) is 1.19. The van der Waals surface area contributed by atoms with Gasteiger partial charge in [-0.2, -0.15) is 0 Å². The second-order valence-electron chi connectivity index (χ2n) is 3.34. The van der Waals surface area contributed by atoms with Crippen molar-refractivity contribution in [3.63, 3.8) is 0 Å². The Morgan fingerprint density at radius 2 is 2.21 bits per heavy atom. The normalized spacial score (nSPS) is 12.4. The molecule has 5 nitrogen and oxygen atoms in total. The predicted octanol–water partition coefficient (Wildman–Crippen LogP) is 0.286. The minimum Gasteiger partial charge on any atom is -0.396 e. The van der Waals surface area contributed by atoms with Gasteiger partial charge in [0.15, 0.2) is 0 Å². The number of nitrogens with one attached hydrogen (secondary N) is 1. The maximum Gasteiger partial charge on any atom is 0.149 e. The third kappa shape index (κ3) is 2.77. The van der Waals surface area contributed by atoms with E-state index in [1.165, 1.54) is 0 Å². The van der Waals surface area contributed by atoms with Crippen LogP contribution in [0.15, 0.2) is 12.1 Å². The van der Waals surface area contributed by atoms with Gasteiger partial charge in [-0.05, 0) is 18.1 Å². The minimum absolute atomic E-state index is 0.150. The molecule has 14 heavy (non-hydrogen) atoms. The van der Waals surface area contributed by atoms with Gasteiger partial charge in [0.05, 0.1) is 5.69 Å². The highest BCUT2D eigenvalue weighted by Crippen LogP contribution is 2.14. The molecule has 6 N–H and O–H groups in total. The van der Waals surface area contributed by atoms with Crippen LogP contribution in [0.2, 0.25) is 0 Å². The Kier molecular flexibility index (Phi) is 3.53. The molecule has 5 heteroatoms. The van der Waals surface area contributed by atoms with Crippen LogP contribution in [0.1, 0.15) is 6.92 Å². The number of rotatable bonds is 4. The highest BCUT2D eigenvalue weighted by Gasteiger charge is 2.01. The molecule has 78 valence electrons.